The largest absolute Gasteiger partial charge is 0.490 e. The van der Waals surface area contributed by atoms with E-state index in [9.17, 15) is 18.3 Å². The predicted octanol–water partition coefficient (Wildman–Crippen LogP) is 4.87. The van der Waals surface area contributed by atoms with Gasteiger partial charge in [0.05, 0.1) is 30.4 Å². The number of amides is 1. The summed E-state index contributed by atoms with van der Waals surface area (Å²) in [5.74, 6) is -0.0374. The van der Waals surface area contributed by atoms with Crippen LogP contribution in [0.3, 0.4) is 0 Å². The Morgan fingerprint density at radius 1 is 1.18 bits per heavy atom. The Hall–Kier alpha value is -3.03. The molecule has 1 aliphatic rings. The number of hydrogen-bond acceptors (Lipinski definition) is 9. The first-order valence-corrected chi connectivity index (χ1v) is 17.4. The van der Waals surface area contributed by atoms with Crippen molar-refractivity contribution in [2.45, 2.75) is 69.0 Å². The summed E-state index contributed by atoms with van der Waals surface area (Å²) in [7, 11) is -1.77. The topological polar surface area (TPSA) is 121 Å². The summed E-state index contributed by atoms with van der Waals surface area (Å²) in [6, 6.07) is 11.5. The number of benzene rings is 1. The van der Waals surface area contributed by atoms with Crippen molar-refractivity contribution < 1.29 is 27.8 Å². The number of anilines is 1. The molecule has 0 saturated carbocycles. The Labute approximate surface area is 265 Å². The van der Waals surface area contributed by atoms with Crippen LogP contribution in [0.5, 0.6) is 5.75 Å². The molecular formula is C32H44N4O6S2. The van der Waals surface area contributed by atoms with Gasteiger partial charge in [0.1, 0.15) is 9.96 Å². The average molecular weight is 645 g/mol. The highest BCUT2D eigenvalue weighted by atomic mass is 32.2. The van der Waals surface area contributed by atoms with E-state index in [4.69, 9.17) is 9.47 Å². The van der Waals surface area contributed by atoms with E-state index in [0.717, 1.165) is 42.7 Å². The summed E-state index contributed by atoms with van der Waals surface area (Å²) in [6.07, 6.45) is 5.76. The van der Waals surface area contributed by atoms with Crippen molar-refractivity contribution in [1.82, 2.24) is 14.8 Å². The molecule has 4 rings (SSSR count). The van der Waals surface area contributed by atoms with Gasteiger partial charge in [-0.3, -0.25) is 19.4 Å². The molecule has 0 saturated heterocycles. The summed E-state index contributed by atoms with van der Waals surface area (Å²) in [4.78, 5) is 22.2. The zero-order valence-corrected chi connectivity index (χ0v) is 27.5. The molecule has 10 nitrogen and oxygen atoms in total. The minimum Gasteiger partial charge on any atom is -0.490 e. The summed E-state index contributed by atoms with van der Waals surface area (Å²) < 4.78 is 41.4. The summed E-state index contributed by atoms with van der Waals surface area (Å²) in [6.45, 7) is 7.90. The van der Waals surface area contributed by atoms with Gasteiger partial charge in [-0.15, -0.1) is 11.3 Å². The Balaban J connectivity index is 1.63. The quantitative estimate of drug-likeness (QED) is 0.339. The fourth-order valence-electron chi connectivity index (χ4n) is 5.24. The fraction of sp³-hybridized carbons (Fsp3) is 0.500. The number of nitrogens with one attached hydrogen (secondary N) is 1. The summed E-state index contributed by atoms with van der Waals surface area (Å²) in [5.41, 5.74) is 1.64. The smallest absolute Gasteiger partial charge is 0.271 e. The maximum atomic E-state index is 14.3. The number of rotatable bonds is 9. The molecule has 1 amide bonds. The van der Waals surface area contributed by atoms with Crippen LogP contribution in [0.2, 0.25) is 0 Å². The molecule has 2 aromatic heterocycles. The number of aliphatic hydroxyl groups excluding tert-OH is 1. The van der Waals surface area contributed by atoms with Gasteiger partial charge in [-0.25, -0.2) is 8.42 Å². The maximum absolute atomic E-state index is 14.3. The van der Waals surface area contributed by atoms with Crippen LogP contribution < -0.4 is 9.46 Å². The summed E-state index contributed by atoms with van der Waals surface area (Å²) in [5, 5.41) is 11.9. The molecule has 44 heavy (non-hydrogen) atoms. The normalized spacial score (nSPS) is 21.3. The third-order valence-corrected chi connectivity index (χ3v) is 10.5. The first kappa shape index (κ1) is 33.9. The van der Waals surface area contributed by atoms with Crippen molar-refractivity contribution in [3.8, 4) is 5.75 Å². The van der Waals surface area contributed by atoms with Gasteiger partial charge in [-0.1, -0.05) is 13.0 Å². The third-order valence-electron chi connectivity index (χ3n) is 7.76. The number of ether oxygens (including phenoxy) is 2. The molecule has 0 spiro atoms. The van der Waals surface area contributed by atoms with Gasteiger partial charge in [0.25, 0.3) is 15.9 Å². The molecule has 1 aliphatic heterocycles. The van der Waals surface area contributed by atoms with Crippen molar-refractivity contribution in [2.75, 3.05) is 38.1 Å². The highest BCUT2D eigenvalue weighted by molar-refractivity contribution is 7.94. The molecule has 0 fully saturated rings. The van der Waals surface area contributed by atoms with Crippen LogP contribution in [-0.2, 0) is 21.3 Å². The van der Waals surface area contributed by atoms with Crippen LogP contribution in [0.25, 0.3) is 0 Å². The number of pyridine rings is 1. The molecule has 12 heteroatoms. The maximum Gasteiger partial charge on any atom is 0.271 e. The molecule has 0 aliphatic carbocycles. The predicted molar refractivity (Wildman–Crippen MR) is 173 cm³/mol. The Kier molecular flexibility index (Phi) is 12.2. The fourth-order valence-corrected chi connectivity index (χ4v) is 7.28. The second-order valence-corrected chi connectivity index (χ2v) is 14.5. The number of likely N-dealkylation sites (N-methyl/N-ethyl adjacent to an activating group) is 1. The van der Waals surface area contributed by atoms with Gasteiger partial charge in [-0.05, 0) is 87.5 Å². The molecule has 0 unspecified atom stereocenters. The van der Waals surface area contributed by atoms with E-state index in [-0.39, 0.29) is 46.1 Å². The van der Waals surface area contributed by atoms with Crippen molar-refractivity contribution in [3.05, 3.63) is 71.4 Å². The lowest BCUT2D eigenvalue weighted by Crippen LogP contribution is -2.47. The second-order valence-electron chi connectivity index (χ2n) is 11.6. The molecule has 3 aromatic rings. The zero-order valence-electron chi connectivity index (χ0n) is 25.9. The Morgan fingerprint density at radius 2 is 1.95 bits per heavy atom. The van der Waals surface area contributed by atoms with Gasteiger partial charge >= 0.3 is 0 Å². The van der Waals surface area contributed by atoms with Crippen LogP contribution in [0.4, 0.5) is 5.69 Å². The lowest BCUT2D eigenvalue weighted by atomic mass is 10.0. The number of thiophene rings is 1. The minimum absolute atomic E-state index is 0.0698. The number of carbonyl (C=O) groups excluding carboxylic acids is 1. The van der Waals surface area contributed by atoms with E-state index in [1.165, 1.54) is 12.1 Å². The molecular weight excluding hydrogens is 601 g/mol. The minimum atomic E-state index is -3.82. The number of nitrogens with zero attached hydrogens (tertiary/aromatic N) is 3. The Morgan fingerprint density at radius 3 is 2.66 bits per heavy atom. The van der Waals surface area contributed by atoms with E-state index in [2.05, 4.69) is 28.6 Å². The SMILES string of the molecule is C[C@@H]1CCCCO[C@@H](CN(C)Cc2ccncc2)[C@@H](C)CN([C@H](C)CO)C(=O)c2cc(NS(=O)(=O)c3cccs3)ccc2O1. The van der Waals surface area contributed by atoms with E-state index in [1.54, 1.807) is 47.8 Å². The van der Waals surface area contributed by atoms with Crippen LogP contribution in [0, 0.1) is 5.92 Å². The number of fused-ring (bicyclic) bond motifs is 1. The average Bonchev–Trinajstić information content (AvgIpc) is 3.55. The molecule has 0 bridgehead atoms. The van der Waals surface area contributed by atoms with Crippen molar-refractivity contribution >= 4 is 33.0 Å². The molecule has 2 N–H and O–H groups in total. The van der Waals surface area contributed by atoms with Gasteiger partial charge in [0.15, 0.2) is 0 Å². The van der Waals surface area contributed by atoms with E-state index in [0.29, 0.717) is 25.4 Å². The third kappa shape index (κ3) is 9.24. The van der Waals surface area contributed by atoms with Gasteiger partial charge in [0, 0.05) is 50.2 Å². The number of sulfonamides is 1. The van der Waals surface area contributed by atoms with Crippen LogP contribution in [0.15, 0.2) is 64.4 Å². The van der Waals surface area contributed by atoms with Crippen molar-refractivity contribution in [2.24, 2.45) is 5.92 Å². The molecule has 0 radical (unpaired) electrons. The van der Waals surface area contributed by atoms with Gasteiger partial charge in [-0.2, -0.15) is 0 Å². The molecule has 4 atom stereocenters. The number of aliphatic hydroxyl groups is 1. The number of hydrogen-bond donors (Lipinski definition) is 2. The first-order chi connectivity index (χ1) is 21.1. The highest BCUT2D eigenvalue weighted by Crippen LogP contribution is 2.30. The summed E-state index contributed by atoms with van der Waals surface area (Å²) >= 11 is 1.11. The van der Waals surface area contributed by atoms with E-state index < -0.39 is 16.1 Å². The standard InChI is InChI=1S/C32H44N4O6S2/c1-23-19-36(24(2)22-37)32(38)28-18-27(34-44(39,40)31-9-7-17-43-31)10-11-29(28)42-25(3)8-5-6-16-41-30(23)21-35(4)20-26-12-14-33-15-13-26/h7,9-15,17-18,23-25,30,34,37H,5-6,8,16,19-22H2,1-4H3/t23-,24+,25+,30-/m0/s1. The van der Waals surface area contributed by atoms with E-state index >= 15 is 0 Å². The van der Waals surface area contributed by atoms with Gasteiger partial charge < -0.3 is 19.5 Å². The number of aromatic nitrogens is 1. The monoisotopic (exact) mass is 644 g/mol. The molecule has 1 aromatic carbocycles. The van der Waals surface area contributed by atoms with E-state index in [1.807, 2.05) is 19.1 Å². The second kappa shape index (κ2) is 15.8. The van der Waals surface area contributed by atoms with Crippen molar-refractivity contribution in [3.63, 3.8) is 0 Å². The lowest BCUT2D eigenvalue weighted by molar-refractivity contribution is -0.0177. The number of carbonyl (C=O) groups is 1. The van der Waals surface area contributed by atoms with Gasteiger partial charge in [0.2, 0.25) is 0 Å². The zero-order chi connectivity index (χ0) is 31.7. The Bertz CT molecular complexity index is 1440. The first-order valence-electron chi connectivity index (χ1n) is 15.0. The van der Waals surface area contributed by atoms with Crippen LogP contribution in [0.1, 0.15) is 56.0 Å². The molecule has 240 valence electrons. The van der Waals surface area contributed by atoms with Crippen LogP contribution >= 0.6 is 11.3 Å². The van der Waals surface area contributed by atoms with Crippen LogP contribution in [-0.4, -0.2) is 85.8 Å². The van der Waals surface area contributed by atoms with Crippen molar-refractivity contribution in [1.29, 1.82) is 0 Å². The molecule has 3 heterocycles. The highest BCUT2D eigenvalue weighted by Gasteiger charge is 2.30. The lowest BCUT2D eigenvalue weighted by Gasteiger charge is -2.36.